The molecule has 2 aromatic rings. The normalized spacial score (nSPS) is 32.3. The fourth-order valence-corrected chi connectivity index (χ4v) is 8.41. The number of nitrogens with zero attached hydrogens (tertiary/aromatic N) is 2. The van der Waals surface area contributed by atoms with Crippen LogP contribution in [-0.2, 0) is 30.3 Å². The Morgan fingerprint density at radius 1 is 0.797 bits per heavy atom. The quantitative estimate of drug-likeness (QED) is 0.0930. The van der Waals surface area contributed by atoms with Crippen molar-refractivity contribution in [3.8, 4) is 5.75 Å². The van der Waals surface area contributed by atoms with Crippen LogP contribution in [0.15, 0.2) is 59.6 Å². The second kappa shape index (κ2) is 22.6. The van der Waals surface area contributed by atoms with E-state index in [1.54, 1.807) is 37.3 Å². The summed E-state index contributed by atoms with van der Waals surface area (Å²) in [7, 11) is 0. The van der Waals surface area contributed by atoms with Crippen LogP contribution in [0, 0.1) is 0 Å². The summed E-state index contributed by atoms with van der Waals surface area (Å²) in [6.07, 6.45) is -13.2. The second-order valence-corrected chi connectivity index (χ2v) is 17.0. The lowest BCUT2D eigenvalue weighted by atomic mass is 9.92. The molecule has 0 radical (unpaired) electrons. The van der Waals surface area contributed by atoms with Crippen molar-refractivity contribution in [2.24, 2.45) is 16.5 Å². The lowest BCUT2D eigenvalue weighted by Gasteiger charge is -2.41. The van der Waals surface area contributed by atoms with Crippen molar-refractivity contribution in [3.63, 3.8) is 0 Å². The molecule has 0 aliphatic carbocycles. The number of aromatic hydroxyl groups is 1. The zero-order valence-electron chi connectivity index (χ0n) is 37.1. The molecule has 0 unspecified atom stereocenters. The molecule has 21 N–H and O–H groups in total. The van der Waals surface area contributed by atoms with Crippen LogP contribution in [0.3, 0.4) is 0 Å². The van der Waals surface area contributed by atoms with Crippen LogP contribution in [0.2, 0.25) is 0 Å². The fraction of sp³-hybridized carbons (Fsp3) is 0.524. The van der Waals surface area contributed by atoms with Gasteiger partial charge in [0.2, 0.25) is 29.9 Å². The number of aliphatic hydroxyl groups is 8. The highest BCUT2D eigenvalue weighted by Gasteiger charge is 2.53. The molecular formula is C42H60N12O15+2. The summed E-state index contributed by atoms with van der Waals surface area (Å²) in [5, 5.41) is 126. The highest BCUT2D eigenvalue weighted by molar-refractivity contribution is 5.97. The number of phenolic OH excluding ortho intramolecular Hbond substituents is 1. The summed E-state index contributed by atoms with van der Waals surface area (Å²) in [6, 6.07) is 2.29. The van der Waals surface area contributed by atoms with Crippen LogP contribution in [0.25, 0.3) is 0 Å². The van der Waals surface area contributed by atoms with E-state index in [1.807, 2.05) is 0 Å². The average Bonchev–Trinajstić information content (AvgIpc) is 3.96. The number of nitrogens with one attached hydrogen (secondary N) is 8. The standard InChI is InChI=1S/C42H58N12O15/c1-17(19-5-3-2-4-6-19)27-37(66)48-21(11-18-7-9-20(57)10-8-18)36(65)52-28(30(59)22-12-46-41(43)50-22)39(68)53-29(38(67)49-23(15-55)35(64)45-14-26(58)51-27)31(60)24-13-47-42(44)54(24)40-34(63)33(62)32(61)25(16-56)69-40/h2-10,17,21-25,27-34,40,55-56,59-63H,11-16H2,1H3,(H12,43,44,45,46,47,48,49,50,51,52,53,57,58,64,65,66,67,68)/p+2/t17-,21+,22-,23-,24-,25+,27-,28-,29+,30+,31+,32+,33-,34-,40-/m0/s1. The van der Waals surface area contributed by atoms with E-state index in [9.17, 15) is 70.2 Å². The van der Waals surface area contributed by atoms with Gasteiger partial charge in [0.15, 0.2) is 12.6 Å². The Labute approximate surface area is 393 Å². The minimum Gasteiger partial charge on any atom is -0.858 e. The van der Waals surface area contributed by atoms with Crippen LogP contribution in [0.5, 0.6) is 5.75 Å². The third-order valence-corrected chi connectivity index (χ3v) is 12.4. The summed E-state index contributed by atoms with van der Waals surface area (Å²) in [5.41, 5.74) is 13.1. The number of benzene rings is 2. The van der Waals surface area contributed by atoms with Gasteiger partial charge >= 0.3 is 17.8 Å². The van der Waals surface area contributed by atoms with Crippen molar-refractivity contribution >= 4 is 47.3 Å². The van der Waals surface area contributed by atoms with Gasteiger partial charge < -0.3 is 77.1 Å². The number of carbonyl (C=O) groups excluding carboxylic acids is 4. The van der Waals surface area contributed by atoms with Crippen LogP contribution in [0.1, 0.15) is 24.0 Å². The lowest BCUT2D eigenvalue weighted by molar-refractivity contribution is -0.663. The maximum absolute atomic E-state index is 14.7. The van der Waals surface area contributed by atoms with Crippen molar-refractivity contribution < 1.29 is 89.5 Å². The molecule has 2 aromatic carbocycles. The van der Waals surface area contributed by atoms with Gasteiger partial charge in [0.1, 0.15) is 85.2 Å². The number of hydrogen-bond donors (Lipinski definition) is 19. The first-order valence-electron chi connectivity index (χ1n) is 22.0. The number of aliphatic hydroxyl groups excluding tert-OH is 8. The lowest BCUT2D eigenvalue weighted by Crippen LogP contribution is -2.80. The Morgan fingerprint density at radius 2 is 1.43 bits per heavy atom. The van der Waals surface area contributed by atoms with Gasteiger partial charge in [0.05, 0.1) is 19.8 Å². The molecular weight excluding hydrogens is 913 g/mol. The first-order chi connectivity index (χ1) is 32.8. The highest BCUT2D eigenvalue weighted by Crippen LogP contribution is 2.26. The van der Waals surface area contributed by atoms with Gasteiger partial charge in [0, 0.05) is 18.2 Å². The van der Waals surface area contributed by atoms with E-state index >= 15 is 0 Å². The van der Waals surface area contributed by atoms with Crippen molar-refractivity contribution in [3.05, 3.63) is 65.7 Å². The Balaban J connectivity index is 1.44. The van der Waals surface area contributed by atoms with E-state index in [0.29, 0.717) is 11.1 Å². The maximum Gasteiger partial charge on any atom is 0.358 e. The molecule has 4 amide bonds. The second-order valence-electron chi connectivity index (χ2n) is 17.0. The monoisotopic (exact) mass is 972 g/mol. The van der Waals surface area contributed by atoms with Gasteiger partial charge in [-0.05, 0) is 23.3 Å². The molecule has 0 bridgehead atoms. The molecule has 1 saturated heterocycles. The summed E-state index contributed by atoms with van der Waals surface area (Å²) in [6.45, 7) is -1.54. The molecule has 69 heavy (non-hydrogen) atoms. The number of aliphatic imine (C=N–C) groups is 1. The molecule has 27 heteroatoms. The van der Waals surface area contributed by atoms with E-state index in [0.717, 1.165) is 4.58 Å². The number of rotatable bonds is 11. The zero-order chi connectivity index (χ0) is 50.3. The fourth-order valence-electron chi connectivity index (χ4n) is 8.41. The molecule has 4 aliphatic heterocycles. The number of amides is 4. The van der Waals surface area contributed by atoms with Crippen molar-refractivity contribution in [1.82, 2.24) is 31.9 Å². The molecule has 0 aromatic heterocycles. The van der Waals surface area contributed by atoms with E-state index in [4.69, 9.17) is 16.2 Å². The number of guanidine groups is 2. The maximum atomic E-state index is 14.7. The molecule has 6 rings (SSSR count). The first-order valence-corrected chi connectivity index (χ1v) is 22.0. The van der Waals surface area contributed by atoms with Crippen LogP contribution in [0.4, 0.5) is 0 Å². The average molecular weight is 973 g/mol. The van der Waals surface area contributed by atoms with Crippen LogP contribution in [-0.4, -0.2) is 216 Å². The summed E-state index contributed by atoms with van der Waals surface area (Å²) in [5.74, 6) is -7.83. The Kier molecular flexibility index (Phi) is 16.9. The van der Waals surface area contributed by atoms with Gasteiger partial charge in [-0.3, -0.25) is 51.3 Å². The van der Waals surface area contributed by atoms with Crippen LogP contribution >= 0.6 is 0 Å². The molecule has 1 fully saturated rings. The number of hydrogen-bond acceptors (Lipinski definition) is 19. The van der Waals surface area contributed by atoms with Gasteiger partial charge in [-0.1, -0.05) is 49.4 Å². The van der Waals surface area contributed by atoms with E-state index in [-0.39, 0.29) is 37.2 Å². The molecule has 27 nitrogen and oxygen atoms in total. The summed E-state index contributed by atoms with van der Waals surface area (Å²) >= 11 is 0. The SMILES string of the molecule is C[C@@H](c1ccccc1)[C@@H]1N=C([O-])C[NH+]=C(O)[C@H](CO)NC(=O)[C@@H]([C@H](O)[C@@H]2CNC(N)=[N+]2[C@H]2O[C@H](CO)[C@@H](O)[C@H](O)[C@@H]2O)NC(=O)[C@H]([C@H](O)[C@@H]2C[NH+]=C(N)N2)NC(=O)[C@@H](Cc2ccc(O)cc2)NC1=O. The van der Waals surface area contributed by atoms with Gasteiger partial charge in [0.25, 0.3) is 0 Å². The predicted molar refractivity (Wildman–Crippen MR) is 235 cm³/mol. The molecule has 4 aliphatic rings. The van der Waals surface area contributed by atoms with Crippen LogP contribution < -0.4 is 58.5 Å². The largest absolute Gasteiger partial charge is 0.858 e. The molecule has 4 heterocycles. The minimum absolute atomic E-state index is 0.0106. The molecule has 15 atom stereocenters. The Hall–Kier alpha value is -6.72. The van der Waals surface area contributed by atoms with Gasteiger partial charge in [-0.25, -0.2) is 9.57 Å². The van der Waals surface area contributed by atoms with E-state index in [2.05, 4.69) is 46.9 Å². The van der Waals surface area contributed by atoms with Crippen molar-refractivity contribution in [2.75, 3.05) is 32.8 Å². The van der Waals surface area contributed by atoms with E-state index < -0.39 is 146 Å². The molecule has 0 saturated carbocycles. The van der Waals surface area contributed by atoms with E-state index in [1.165, 1.54) is 24.3 Å². The smallest absolute Gasteiger partial charge is 0.358 e. The summed E-state index contributed by atoms with van der Waals surface area (Å²) in [4.78, 5) is 67.4. The number of ether oxygens (including phenoxy) is 1. The third-order valence-electron chi connectivity index (χ3n) is 12.4. The third kappa shape index (κ3) is 11.9. The van der Waals surface area contributed by atoms with Crippen molar-refractivity contribution in [1.29, 1.82) is 0 Å². The van der Waals surface area contributed by atoms with Crippen molar-refractivity contribution in [2.45, 2.75) is 104 Å². The van der Waals surface area contributed by atoms with Gasteiger partial charge in [-0.15, -0.1) is 0 Å². The number of nitrogens with two attached hydrogens (primary N) is 2. The van der Waals surface area contributed by atoms with Gasteiger partial charge in [-0.2, -0.15) is 0 Å². The number of carbonyl (C=O) groups is 4. The Bertz CT molecular complexity index is 2290. The molecule has 0 spiro atoms. The first kappa shape index (κ1) is 51.7. The highest BCUT2D eigenvalue weighted by atomic mass is 16.6. The number of phenols is 1. The minimum atomic E-state index is -2.20. The molecule has 376 valence electrons. The Morgan fingerprint density at radius 3 is 2.07 bits per heavy atom. The zero-order valence-corrected chi connectivity index (χ0v) is 37.1. The predicted octanol–water partition coefficient (Wildman–Crippen LogP) is -13.0. The topological polar surface area (TPSA) is 450 Å². The summed E-state index contributed by atoms with van der Waals surface area (Å²) < 4.78 is 6.68.